The summed E-state index contributed by atoms with van der Waals surface area (Å²) in [6, 6.07) is 5.65. The molecule has 0 radical (unpaired) electrons. The van der Waals surface area contributed by atoms with Gasteiger partial charge in [-0.25, -0.2) is 4.39 Å². The minimum absolute atomic E-state index is 0.270. The van der Waals surface area contributed by atoms with Crippen molar-refractivity contribution in [1.29, 1.82) is 0 Å². The molecule has 0 aliphatic carbocycles. The molecule has 0 saturated heterocycles. The number of amides is 1. The van der Waals surface area contributed by atoms with Gasteiger partial charge in [-0.15, -0.1) is 0 Å². The molecule has 6 heteroatoms. The van der Waals surface area contributed by atoms with Crippen LogP contribution < -0.4 is 5.32 Å². The molecule has 18 heavy (non-hydrogen) atoms. The van der Waals surface area contributed by atoms with E-state index in [-0.39, 0.29) is 16.7 Å². The molecule has 1 N–H and O–H groups in total. The van der Waals surface area contributed by atoms with Crippen LogP contribution in [0, 0.1) is 9.39 Å². The first-order chi connectivity index (χ1) is 8.58. The smallest absolute Gasteiger partial charge is 0.257 e. The van der Waals surface area contributed by atoms with E-state index in [4.69, 9.17) is 11.6 Å². The first kappa shape index (κ1) is 13.2. The summed E-state index contributed by atoms with van der Waals surface area (Å²) in [6.45, 7) is 0. The fraction of sp³-hybridized carbons (Fsp3) is 0. The molecule has 0 atom stereocenters. The third kappa shape index (κ3) is 2.97. The molecule has 0 saturated carbocycles. The fourth-order valence-corrected chi connectivity index (χ4v) is 2.16. The van der Waals surface area contributed by atoms with Crippen molar-refractivity contribution in [2.75, 3.05) is 5.32 Å². The summed E-state index contributed by atoms with van der Waals surface area (Å²) in [7, 11) is 0. The highest BCUT2D eigenvalue weighted by atomic mass is 127. The molecule has 1 amide bonds. The van der Waals surface area contributed by atoms with E-state index in [2.05, 4.69) is 10.3 Å². The van der Waals surface area contributed by atoms with Crippen LogP contribution in [0.4, 0.5) is 10.1 Å². The number of nitrogens with one attached hydrogen (secondary N) is 1. The average molecular weight is 377 g/mol. The maximum absolute atomic E-state index is 12.9. The number of pyridine rings is 1. The Balaban J connectivity index is 2.24. The highest BCUT2D eigenvalue weighted by Crippen LogP contribution is 2.21. The largest absolute Gasteiger partial charge is 0.321 e. The SMILES string of the molecule is O=C(Nc1ccc(F)cc1I)c1ccncc1Cl. The predicted octanol–water partition coefficient (Wildman–Crippen LogP) is 3.73. The van der Waals surface area contributed by atoms with Crippen molar-refractivity contribution in [1.82, 2.24) is 4.98 Å². The Kier molecular flexibility index (Phi) is 4.13. The van der Waals surface area contributed by atoms with Gasteiger partial charge in [0, 0.05) is 16.0 Å². The van der Waals surface area contributed by atoms with E-state index in [1.165, 1.54) is 36.7 Å². The van der Waals surface area contributed by atoms with Gasteiger partial charge in [-0.3, -0.25) is 9.78 Å². The van der Waals surface area contributed by atoms with Crippen molar-refractivity contribution in [3.63, 3.8) is 0 Å². The van der Waals surface area contributed by atoms with Gasteiger partial charge < -0.3 is 5.32 Å². The van der Waals surface area contributed by atoms with E-state index in [0.29, 0.717) is 14.8 Å². The van der Waals surface area contributed by atoms with Crippen molar-refractivity contribution < 1.29 is 9.18 Å². The molecule has 2 rings (SSSR count). The lowest BCUT2D eigenvalue weighted by molar-refractivity contribution is 0.102. The second kappa shape index (κ2) is 5.62. The van der Waals surface area contributed by atoms with Crippen LogP contribution in [0.5, 0.6) is 0 Å². The van der Waals surface area contributed by atoms with Gasteiger partial charge in [-0.05, 0) is 46.9 Å². The summed E-state index contributed by atoms with van der Waals surface area (Å²) in [6.07, 6.45) is 2.88. The molecule has 1 aromatic heterocycles. The number of carbonyl (C=O) groups excluding carboxylic acids is 1. The Hall–Kier alpha value is -1.21. The maximum atomic E-state index is 12.9. The van der Waals surface area contributed by atoms with Gasteiger partial charge in [0.2, 0.25) is 0 Å². The molecule has 0 bridgehead atoms. The molecular weight excluding hydrogens is 370 g/mol. The summed E-state index contributed by atoms with van der Waals surface area (Å²) >= 11 is 7.81. The number of rotatable bonds is 2. The van der Waals surface area contributed by atoms with E-state index in [1.54, 1.807) is 0 Å². The summed E-state index contributed by atoms with van der Waals surface area (Å²) in [5.41, 5.74) is 0.863. The number of hydrogen-bond acceptors (Lipinski definition) is 2. The van der Waals surface area contributed by atoms with Gasteiger partial charge >= 0.3 is 0 Å². The Morgan fingerprint density at radius 1 is 1.39 bits per heavy atom. The van der Waals surface area contributed by atoms with E-state index in [9.17, 15) is 9.18 Å². The van der Waals surface area contributed by atoms with Crippen LogP contribution in [0.15, 0.2) is 36.7 Å². The van der Waals surface area contributed by atoms with Gasteiger partial charge in [0.15, 0.2) is 0 Å². The van der Waals surface area contributed by atoms with Gasteiger partial charge in [0.25, 0.3) is 5.91 Å². The van der Waals surface area contributed by atoms with E-state index in [0.717, 1.165) is 0 Å². The summed E-state index contributed by atoms with van der Waals surface area (Å²) in [5, 5.41) is 2.94. The zero-order valence-corrected chi connectivity index (χ0v) is 11.9. The lowest BCUT2D eigenvalue weighted by Crippen LogP contribution is -2.13. The monoisotopic (exact) mass is 376 g/mol. The molecule has 0 aliphatic heterocycles. The molecular formula is C12H7ClFIN2O. The summed E-state index contributed by atoms with van der Waals surface area (Å²) in [4.78, 5) is 15.8. The van der Waals surface area contributed by atoms with Gasteiger partial charge in [0.05, 0.1) is 16.3 Å². The lowest BCUT2D eigenvalue weighted by atomic mass is 10.2. The van der Waals surface area contributed by atoms with Crippen LogP contribution in [0.2, 0.25) is 5.02 Å². The molecule has 1 aromatic carbocycles. The van der Waals surface area contributed by atoms with Crippen molar-refractivity contribution in [3.05, 3.63) is 56.6 Å². The Morgan fingerprint density at radius 3 is 2.83 bits per heavy atom. The molecule has 0 aliphatic rings. The second-order valence-electron chi connectivity index (χ2n) is 3.43. The topological polar surface area (TPSA) is 42.0 Å². The van der Waals surface area contributed by atoms with Crippen molar-refractivity contribution in [3.8, 4) is 0 Å². The fourth-order valence-electron chi connectivity index (χ4n) is 1.34. The molecule has 92 valence electrons. The number of aromatic nitrogens is 1. The van der Waals surface area contributed by atoms with Crippen LogP contribution in [0.1, 0.15) is 10.4 Å². The van der Waals surface area contributed by atoms with Gasteiger partial charge in [0.1, 0.15) is 5.82 Å². The predicted molar refractivity (Wildman–Crippen MR) is 76.3 cm³/mol. The van der Waals surface area contributed by atoms with E-state index >= 15 is 0 Å². The van der Waals surface area contributed by atoms with Crippen molar-refractivity contribution >= 4 is 45.8 Å². The van der Waals surface area contributed by atoms with Gasteiger partial charge in [-0.1, -0.05) is 11.6 Å². The van der Waals surface area contributed by atoms with Crippen molar-refractivity contribution in [2.45, 2.75) is 0 Å². The highest BCUT2D eigenvalue weighted by molar-refractivity contribution is 14.1. The highest BCUT2D eigenvalue weighted by Gasteiger charge is 2.11. The number of halogens is 3. The van der Waals surface area contributed by atoms with Gasteiger partial charge in [-0.2, -0.15) is 0 Å². The number of hydrogen-bond donors (Lipinski definition) is 1. The van der Waals surface area contributed by atoms with Crippen LogP contribution in [0.25, 0.3) is 0 Å². The molecule has 0 fully saturated rings. The minimum Gasteiger partial charge on any atom is -0.321 e. The quantitative estimate of drug-likeness (QED) is 0.812. The first-order valence-electron chi connectivity index (χ1n) is 4.94. The number of carbonyl (C=O) groups is 1. The number of nitrogens with zero attached hydrogens (tertiary/aromatic N) is 1. The van der Waals surface area contributed by atoms with Crippen LogP contribution in [-0.2, 0) is 0 Å². The van der Waals surface area contributed by atoms with Crippen molar-refractivity contribution in [2.24, 2.45) is 0 Å². The Morgan fingerprint density at radius 2 is 2.17 bits per heavy atom. The maximum Gasteiger partial charge on any atom is 0.257 e. The Labute approximate surface area is 122 Å². The first-order valence-corrected chi connectivity index (χ1v) is 6.39. The van der Waals surface area contributed by atoms with E-state index in [1.807, 2.05) is 22.6 Å². The zero-order chi connectivity index (χ0) is 13.1. The zero-order valence-electron chi connectivity index (χ0n) is 8.95. The number of anilines is 1. The molecule has 1 heterocycles. The third-order valence-corrected chi connectivity index (χ3v) is 3.39. The van der Waals surface area contributed by atoms with Crippen LogP contribution >= 0.6 is 34.2 Å². The van der Waals surface area contributed by atoms with Crippen LogP contribution in [0.3, 0.4) is 0 Å². The average Bonchev–Trinajstić information content (AvgIpc) is 2.33. The van der Waals surface area contributed by atoms with Crippen LogP contribution in [-0.4, -0.2) is 10.9 Å². The minimum atomic E-state index is -0.355. The Bertz CT molecular complexity index is 606. The molecule has 3 nitrogen and oxygen atoms in total. The molecule has 0 unspecified atom stereocenters. The van der Waals surface area contributed by atoms with E-state index < -0.39 is 0 Å². The summed E-state index contributed by atoms with van der Waals surface area (Å²) in [5.74, 6) is -0.703. The second-order valence-corrected chi connectivity index (χ2v) is 5.00. The third-order valence-electron chi connectivity index (χ3n) is 2.20. The number of benzene rings is 1. The molecule has 0 spiro atoms. The standard InChI is InChI=1S/C12H7ClFIN2O/c13-9-6-16-4-3-8(9)12(18)17-11-2-1-7(14)5-10(11)15/h1-6H,(H,17,18). The molecule has 2 aromatic rings. The normalized spacial score (nSPS) is 10.2. The lowest BCUT2D eigenvalue weighted by Gasteiger charge is -2.08. The summed E-state index contributed by atoms with van der Waals surface area (Å²) < 4.78 is 13.5.